The molecule has 0 bridgehead atoms. The van der Waals surface area contributed by atoms with Gasteiger partial charge in [-0.3, -0.25) is 14.6 Å². The van der Waals surface area contributed by atoms with Gasteiger partial charge in [0.2, 0.25) is 0 Å². The van der Waals surface area contributed by atoms with E-state index in [1.807, 2.05) is 16.9 Å². The molecule has 1 aliphatic heterocycles. The minimum absolute atomic E-state index is 0.105. The number of aromatic nitrogens is 4. The van der Waals surface area contributed by atoms with Crippen LogP contribution in [0.4, 0.5) is 18.9 Å². The molecule has 5 nitrogen and oxygen atoms in total. The van der Waals surface area contributed by atoms with E-state index in [4.69, 9.17) is 0 Å². The van der Waals surface area contributed by atoms with Crippen LogP contribution in [0.1, 0.15) is 24.9 Å². The summed E-state index contributed by atoms with van der Waals surface area (Å²) in [6.45, 7) is 3.57. The maximum Gasteiger partial charge on any atom is 0.418 e. The molecule has 3 heterocycles. The van der Waals surface area contributed by atoms with Crippen LogP contribution in [0.2, 0.25) is 0 Å². The van der Waals surface area contributed by atoms with Crippen LogP contribution in [0.3, 0.4) is 0 Å². The van der Waals surface area contributed by atoms with Gasteiger partial charge < -0.3 is 4.90 Å². The van der Waals surface area contributed by atoms with Gasteiger partial charge in [-0.15, -0.1) is 0 Å². The molecule has 1 saturated heterocycles. The summed E-state index contributed by atoms with van der Waals surface area (Å²) in [6.07, 6.45) is 2.91. The predicted molar refractivity (Wildman–Crippen MR) is 91.8 cm³/mol. The second-order valence-electron chi connectivity index (χ2n) is 6.77. The molecular formula is C18H18F3N5. The quantitative estimate of drug-likeness (QED) is 0.694. The van der Waals surface area contributed by atoms with Gasteiger partial charge in [-0.1, -0.05) is 6.92 Å². The van der Waals surface area contributed by atoms with Gasteiger partial charge >= 0.3 is 6.18 Å². The summed E-state index contributed by atoms with van der Waals surface area (Å²) in [5.74, 6) is 0.381. The molecule has 2 unspecified atom stereocenters. The van der Waals surface area contributed by atoms with Gasteiger partial charge in [-0.25, -0.2) is 0 Å². The van der Waals surface area contributed by atoms with Crippen molar-refractivity contribution in [1.29, 1.82) is 0 Å². The molecule has 4 rings (SSSR count). The zero-order chi connectivity index (χ0) is 18.3. The van der Waals surface area contributed by atoms with Gasteiger partial charge in [-0.2, -0.15) is 18.3 Å². The Morgan fingerprint density at radius 2 is 1.81 bits per heavy atom. The summed E-state index contributed by atoms with van der Waals surface area (Å²) in [7, 11) is 0. The topological polar surface area (TPSA) is 46.8 Å². The number of piperidine rings is 1. The number of halogens is 3. The number of hydrogen-bond acceptors (Lipinski definition) is 4. The van der Waals surface area contributed by atoms with Crippen LogP contribution < -0.4 is 4.90 Å². The molecule has 1 aromatic carbocycles. The molecule has 0 radical (unpaired) electrons. The summed E-state index contributed by atoms with van der Waals surface area (Å²) in [4.78, 5) is 10.3. The lowest BCUT2D eigenvalue weighted by atomic mass is 9.95. The van der Waals surface area contributed by atoms with Crippen LogP contribution in [0.25, 0.3) is 11.0 Å². The fraction of sp³-hybridized carbons (Fsp3) is 0.389. The molecule has 1 aliphatic rings. The van der Waals surface area contributed by atoms with E-state index in [1.165, 1.54) is 18.5 Å². The molecule has 0 amide bonds. The molecular weight excluding hydrogens is 343 g/mol. The number of benzene rings is 1. The van der Waals surface area contributed by atoms with Crippen LogP contribution in [-0.4, -0.2) is 32.8 Å². The number of alkyl halides is 3. The number of fused-ring (bicyclic) bond motifs is 1. The second-order valence-corrected chi connectivity index (χ2v) is 6.77. The first-order chi connectivity index (χ1) is 12.4. The van der Waals surface area contributed by atoms with Crippen molar-refractivity contribution >= 4 is 16.7 Å². The lowest BCUT2D eigenvalue weighted by Crippen LogP contribution is -2.41. The molecule has 2 aromatic heterocycles. The smallest absolute Gasteiger partial charge is 0.367 e. The molecule has 26 heavy (non-hydrogen) atoms. The third kappa shape index (κ3) is 3.00. The molecule has 8 heteroatoms. The van der Waals surface area contributed by atoms with Crippen molar-refractivity contribution in [3.63, 3.8) is 0 Å². The Balaban J connectivity index is 1.77. The Morgan fingerprint density at radius 1 is 1.04 bits per heavy atom. The highest BCUT2D eigenvalue weighted by atomic mass is 19.4. The third-order valence-corrected chi connectivity index (χ3v) is 4.79. The first-order valence-corrected chi connectivity index (χ1v) is 8.48. The van der Waals surface area contributed by atoms with Crippen molar-refractivity contribution < 1.29 is 13.2 Å². The first-order valence-electron chi connectivity index (χ1n) is 8.48. The Kier molecular flexibility index (Phi) is 4.05. The summed E-state index contributed by atoms with van der Waals surface area (Å²) < 4.78 is 41.8. The van der Waals surface area contributed by atoms with E-state index in [0.29, 0.717) is 18.2 Å². The van der Waals surface area contributed by atoms with Crippen molar-refractivity contribution in [2.45, 2.75) is 25.6 Å². The van der Waals surface area contributed by atoms with Gasteiger partial charge in [0.25, 0.3) is 0 Å². The minimum atomic E-state index is -4.46. The third-order valence-electron chi connectivity index (χ3n) is 4.79. The van der Waals surface area contributed by atoms with Crippen molar-refractivity contribution in [1.82, 2.24) is 19.7 Å². The van der Waals surface area contributed by atoms with E-state index < -0.39 is 11.7 Å². The monoisotopic (exact) mass is 361 g/mol. The average Bonchev–Trinajstić information content (AvgIpc) is 3.14. The van der Waals surface area contributed by atoms with E-state index in [0.717, 1.165) is 19.0 Å². The van der Waals surface area contributed by atoms with Crippen molar-refractivity contribution in [2.75, 3.05) is 18.0 Å². The highest BCUT2D eigenvalue weighted by Crippen LogP contribution is 2.38. The van der Waals surface area contributed by atoms with Gasteiger partial charge in [0.15, 0.2) is 0 Å². The lowest BCUT2D eigenvalue weighted by molar-refractivity contribution is -0.136. The van der Waals surface area contributed by atoms with E-state index >= 15 is 0 Å². The van der Waals surface area contributed by atoms with E-state index in [2.05, 4.69) is 26.9 Å². The fourth-order valence-corrected chi connectivity index (χ4v) is 3.73. The van der Waals surface area contributed by atoms with Crippen LogP contribution in [0, 0.1) is 5.92 Å². The van der Waals surface area contributed by atoms with Gasteiger partial charge in [0, 0.05) is 37.9 Å². The molecule has 136 valence electrons. The molecule has 3 aromatic rings. The fourth-order valence-electron chi connectivity index (χ4n) is 3.73. The SMILES string of the molecule is CC1CC(n2cccn2)CN(c2ccc(C(F)(F)F)c3nccnc23)C1. The number of anilines is 1. The molecule has 0 saturated carbocycles. The van der Waals surface area contributed by atoms with Crippen molar-refractivity contribution in [3.05, 3.63) is 48.5 Å². The number of rotatable bonds is 2. The Hall–Kier alpha value is -2.64. The number of nitrogens with zero attached hydrogens (tertiary/aromatic N) is 5. The summed E-state index contributed by atoms with van der Waals surface area (Å²) >= 11 is 0. The van der Waals surface area contributed by atoms with Crippen LogP contribution in [0.5, 0.6) is 0 Å². The summed E-state index contributed by atoms with van der Waals surface area (Å²) in [5, 5.41) is 4.32. The zero-order valence-corrected chi connectivity index (χ0v) is 14.2. The highest BCUT2D eigenvalue weighted by molar-refractivity contribution is 5.90. The predicted octanol–water partition coefficient (Wildman–Crippen LogP) is 3.93. The standard InChI is InChI=1S/C18H18F3N5/c1-12-9-13(26-8-2-5-24-26)11-25(10-12)15-4-3-14(18(19,20)21)16-17(15)23-7-6-22-16/h2-8,12-13H,9-11H2,1H3. The highest BCUT2D eigenvalue weighted by Gasteiger charge is 2.35. The van der Waals surface area contributed by atoms with Crippen LogP contribution >= 0.6 is 0 Å². The van der Waals surface area contributed by atoms with Gasteiger partial charge in [0.1, 0.15) is 11.0 Å². The normalized spacial score (nSPS) is 21.3. The van der Waals surface area contributed by atoms with Crippen LogP contribution in [0.15, 0.2) is 43.0 Å². The first kappa shape index (κ1) is 16.8. The minimum Gasteiger partial charge on any atom is -0.367 e. The molecule has 0 aliphatic carbocycles. The second kappa shape index (κ2) is 6.26. The average molecular weight is 361 g/mol. The summed E-state index contributed by atoms with van der Waals surface area (Å²) in [6, 6.07) is 4.66. The summed E-state index contributed by atoms with van der Waals surface area (Å²) in [5.41, 5.74) is 0.116. The maximum atomic E-state index is 13.3. The largest absolute Gasteiger partial charge is 0.418 e. The Bertz CT molecular complexity index is 907. The number of hydrogen-bond donors (Lipinski definition) is 0. The Labute approximate surface area is 148 Å². The Morgan fingerprint density at radius 3 is 2.50 bits per heavy atom. The molecule has 0 spiro atoms. The van der Waals surface area contributed by atoms with Gasteiger partial charge in [0.05, 0.1) is 17.3 Å². The van der Waals surface area contributed by atoms with Gasteiger partial charge in [-0.05, 0) is 30.5 Å². The van der Waals surface area contributed by atoms with Crippen LogP contribution in [-0.2, 0) is 6.18 Å². The van der Waals surface area contributed by atoms with Crippen molar-refractivity contribution in [3.8, 4) is 0 Å². The lowest BCUT2D eigenvalue weighted by Gasteiger charge is -2.38. The van der Waals surface area contributed by atoms with E-state index in [1.54, 1.807) is 6.20 Å². The van der Waals surface area contributed by atoms with E-state index in [9.17, 15) is 13.2 Å². The maximum absolute atomic E-state index is 13.3. The molecule has 0 N–H and O–H groups in total. The van der Waals surface area contributed by atoms with Crippen molar-refractivity contribution in [2.24, 2.45) is 5.92 Å². The molecule has 1 fully saturated rings. The molecule has 2 atom stereocenters. The zero-order valence-electron chi connectivity index (χ0n) is 14.2. The van der Waals surface area contributed by atoms with E-state index in [-0.39, 0.29) is 17.1 Å².